The van der Waals surface area contributed by atoms with Crippen LogP contribution in [-0.2, 0) is 0 Å². The van der Waals surface area contributed by atoms with Crippen LogP contribution in [0.1, 0.15) is 2.85 Å². The number of pyridine rings is 1. The van der Waals surface area contributed by atoms with E-state index < -0.39 is 0 Å². The maximum atomic E-state index is 6.03. The van der Waals surface area contributed by atoms with Gasteiger partial charge in [-0.25, -0.2) is 15.0 Å². The number of nitrogen functional groups attached to an aromatic ring is 1. The molecule has 1 aromatic carbocycles. The fourth-order valence-corrected chi connectivity index (χ4v) is 2.69. The Morgan fingerprint density at radius 1 is 1.03 bits per heavy atom. The molecule has 30 heavy (non-hydrogen) atoms. The van der Waals surface area contributed by atoms with E-state index in [1.807, 2.05) is 61.5 Å². The zero-order valence-electron chi connectivity index (χ0n) is 16.7. The number of nitrogens with two attached hydrogens (primary N) is 1. The highest BCUT2D eigenvalue weighted by Crippen LogP contribution is 2.28. The highest BCUT2D eigenvalue weighted by atomic mass is 16.5. The molecule has 4 rings (SSSR count). The number of benzene rings is 1. The van der Waals surface area contributed by atoms with E-state index >= 15 is 0 Å². The summed E-state index contributed by atoms with van der Waals surface area (Å²) >= 11 is 0. The van der Waals surface area contributed by atoms with Gasteiger partial charge in [-0.1, -0.05) is 18.2 Å². The maximum Gasteiger partial charge on any atom is 0.270 e. The summed E-state index contributed by atoms with van der Waals surface area (Å²) < 4.78 is 11.5. The molecule has 2 N–H and O–H groups in total. The average Bonchev–Trinajstić information content (AvgIpc) is 3.25. The number of anilines is 1. The molecular formula is C21H25N7O2. The van der Waals surface area contributed by atoms with Crippen LogP contribution in [0.3, 0.4) is 0 Å². The van der Waals surface area contributed by atoms with Crippen LogP contribution in [0, 0.1) is 0 Å². The zero-order chi connectivity index (χ0) is 20.9. The molecule has 156 valence electrons. The van der Waals surface area contributed by atoms with Gasteiger partial charge >= 0.3 is 0 Å². The van der Waals surface area contributed by atoms with Gasteiger partial charge < -0.3 is 19.8 Å². The minimum absolute atomic E-state index is 0. The molecule has 0 saturated carbocycles. The molecule has 9 heteroatoms. The molecule has 0 saturated heterocycles. The lowest BCUT2D eigenvalue weighted by molar-refractivity contribution is 0.254. The second-order valence-corrected chi connectivity index (χ2v) is 6.80. The third-order valence-corrected chi connectivity index (χ3v) is 4.27. The lowest BCUT2D eigenvalue weighted by atomic mass is 10.2. The predicted octanol–water partition coefficient (Wildman–Crippen LogP) is 3.27. The molecule has 0 atom stereocenters. The van der Waals surface area contributed by atoms with Crippen molar-refractivity contribution in [1.82, 2.24) is 30.0 Å². The van der Waals surface area contributed by atoms with Crippen molar-refractivity contribution in [3.8, 4) is 40.2 Å². The number of likely N-dealkylation sites (N-methyl/N-ethyl adjacent to an activating group) is 1. The van der Waals surface area contributed by atoms with E-state index in [1.54, 1.807) is 12.4 Å². The Morgan fingerprint density at radius 2 is 1.83 bits per heavy atom. The fourth-order valence-electron chi connectivity index (χ4n) is 2.69. The van der Waals surface area contributed by atoms with E-state index in [9.17, 15) is 0 Å². The Morgan fingerprint density at radius 3 is 2.63 bits per heavy atom. The second-order valence-electron chi connectivity index (χ2n) is 6.80. The van der Waals surface area contributed by atoms with E-state index in [0.29, 0.717) is 29.8 Å². The highest BCUT2D eigenvalue weighted by Gasteiger charge is 2.17. The summed E-state index contributed by atoms with van der Waals surface area (Å²) in [5, 5.41) is 8.19. The van der Waals surface area contributed by atoms with E-state index in [1.165, 1.54) is 0 Å². The van der Waals surface area contributed by atoms with Crippen molar-refractivity contribution in [3.63, 3.8) is 0 Å². The first-order chi connectivity index (χ1) is 14.6. The van der Waals surface area contributed by atoms with Crippen LogP contribution in [-0.4, -0.2) is 57.3 Å². The number of nitrogens with zero attached hydrogens (tertiary/aromatic N) is 6. The molecule has 0 fully saturated rings. The van der Waals surface area contributed by atoms with Gasteiger partial charge in [0, 0.05) is 32.8 Å². The Hall–Kier alpha value is -3.85. The van der Waals surface area contributed by atoms with E-state index in [-0.39, 0.29) is 14.6 Å². The third kappa shape index (κ3) is 4.41. The first-order valence-electron chi connectivity index (χ1n) is 9.36. The van der Waals surface area contributed by atoms with Crippen LogP contribution < -0.4 is 10.5 Å². The van der Waals surface area contributed by atoms with Crippen LogP contribution in [0.2, 0.25) is 0 Å². The first-order valence-corrected chi connectivity index (χ1v) is 9.36. The summed E-state index contributed by atoms with van der Waals surface area (Å²) in [6.07, 6.45) is 3.25. The number of rotatable bonds is 7. The number of aromatic nitrogens is 5. The third-order valence-electron chi connectivity index (χ3n) is 4.27. The lowest BCUT2D eigenvalue weighted by Gasteiger charge is -2.11. The van der Waals surface area contributed by atoms with E-state index in [2.05, 4.69) is 25.1 Å². The van der Waals surface area contributed by atoms with Gasteiger partial charge in [-0.05, 0) is 32.3 Å². The van der Waals surface area contributed by atoms with Gasteiger partial charge in [-0.3, -0.25) is 0 Å². The van der Waals surface area contributed by atoms with Gasteiger partial charge in [-0.2, -0.15) is 0 Å². The lowest BCUT2D eigenvalue weighted by Crippen LogP contribution is -2.19. The minimum Gasteiger partial charge on any atom is -0.476 e. The normalized spacial score (nSPS) is 11.0. The molecular weight excluding hydrogens is 382 g/mol. The van der Waals surface area contributed by atoms with Crippen molar-refractivity contribution in [3.05, 3.63) is 54.9 Å². The van der Waals surface area contributed by atoms with Gasteiger partial charge in [0.15, 0.2) is 11.5 Å². The molecule has 0 aliphatic heterocycles. The summed E-state index contributed by atoms with van der Waals surface area (Å²) in [5.41, 5.74) is 8.56. The molecule has 9 nitrogen and oxygen atoms in total. The van der Waals surface area contributed by atoms with Crippen LogP contribution in [0.4, 0.5) is 5.82 Å². The van der Waals surface area contributed by atoms with Gasteiger partial charge in [0.05, 0.1) is 11.9 Å². The molecule has 0 aliphatic rings. The van der Waals surface area contributed by atoms with Gasteiger partial charge in [0.2, 0.25) is 11.8 Å². The topological polar surface area (TPSA) is 116 Å². The SMILES string of the molecule is CN(C)CCOc1cc(-c2cnc(N)c(-c3nnc(-c4ccccc4)o3)n2)ccn1.[HH].[HH]. The maximum absolute atomic E-state index is 6.03. The van der Waals surface area contributed by atoms with E-state index in [0.717, 1.165) is 17.7 Å². The molecule has 0 unspecified atom stereocenters. The van der Waals surface area contributed by atoms with Crippen molar-refractivity contribution in [2.24, 2.45) is 0 Å². The summed E-state index contributed by atoms with van der Waals surface area (Å²) in [4.78, 5) is 15.1. The van der Waals surface area contributed by atoms with Crippen molar-refractivity contribution in [2.45, 2.75) is 0 Å². The smallest absolute Gasteiger partial charge is 0.270 e. The van der Waals surface area contributed by atoms with E-state index in [4.69, 9.17) is 14.9 Å². The molecule has 0 radical (unpaired) electrons. The van der Waals surface area contributed by atoms with Crippen LogP contribution in [0.25, 0.3) is 34.3 Å². The highest BCUT2D eigenvalue weighted by molar-refractivity contribution is 5.69. The van der Waals surface area contributed by atoms with Gasteiger partial charge in [0.1, 0.15) is 6.61 Å². The first kappa shape index (κ1) is 19.5. The molecule has 0 bridgehead atoms. The number of hydrogen-bond donors (Lipinski definition) is 1. The Labute approximate surface area is 176 Å². The average molecular weight is 407 g/mol. The molecule has 0 spiro atoms. The molecule has 3 aromatic heterocycles. The van der Waals surface area contributed by atoms with Gasteiger partial charge in [-0.15, -0.1) is 10.2 Å². The number of ether oxygens (including phenoxy) is 1. The van der Waals surface area contributed by atoms with Crippen LogP contribution in [0.5, 0.6) is 5.88 Å². The molecule has 4 aromatic rings. The second kappa shape index (κ2) is 8.66. The summed E-state index contributed by atoms with van der Waals surface area (Å²) in [7, 11) is 3.97. The van der Waals surface area contributed by atoms with Crippen LogP contribution in [0.15, 0.2) is 59.3 Å². The quantitative estimate of drug-likeness (QED) is 0.492. The van der Waals surface area contributed by atoms with Crippen molar-refractivity contribution in [2.75, 3.05) is 33.0 Å². The summed E-state index contributed by atoms with van der Waals surface area (Å²) in [6.45, 7) is 1.32. The molecule has 3 heterocycles. The Bertz CT molecular complexity index is 1140. The fraction of sp³-hybridized carbons (Fsp3) is 0.190. The largest absolute Gasteiger partial charge is 0.476 e. The van der Waals surface area contributed by atoms with Crippen molar-refractivity contribution < 1.29 is 12.0 Å². The number of hydrogen-bond acceptors (Lipinski definition) is 9. The monoisotopic (exact) mass is 407 g/mol. The Balaban J connectivity index is 0.00000181. The predicted molar refractivity (Wildman–Crippen MR) is 117 cm³/mol. The zero-order valence-corrected chi connectivity index (χ0v) is 16.7. The van der Waals surface area contributed by atoms with Gasteiger partial charge in [0.25, 0.3) is 5.89 Å². The van der Waals surface area contributed by atoms with Crippen molar-refractivity contribution >= 4 is 5.82 Å². The molecule has 0 amide bonds. The standard InChI is InChI=1S/C21H21N7O2.2H2/c1-28(2)10-11-29-17-12-15(8-9-23-17)16-13-24-19(22)18(25-16)21-27-26-20(30-21)14-6-4-3-5-7-14;;/h3-9,12-13H,10-11H2,1-2H3,(H2,22,24);2*1H. The molecule has 0 aliphatic carbocycles. The summed E-state index contributed by atoms with van der Waals surface area (Å²) in [5.74, 6) is 1.31. The van der Waals surface area contributed by atoms with Crippen LogP contribution >= 0.6 is 0 Å². The van der Waals surface area contributed by atoms with Crippen molar-refractivity contribution in [1.29, 1.82) is 0 Å². The minimum atomic E-state index is 0. The Kier molecular flexibility index (Phi) is 5.62. The summed E-state index contributed by atoms with van der Waals surface area (Å²) in [6, 6.07) is 13.1.